The molecule has 0 radical (unpaired) electrons. The number of ether oxygens (including phenoxy) is 1. The van der Waals surface area contributed by atoms with Crippen molar-refractivity contribution in [1.82, 2.24) is 16.0 Å². The van der Waals surface area contributed by atoms with Crippen molar-refractivity contribution in [3.05, 3.63) is 65.7 Å². The van der Waals surface area contributed by atoms with Gasteiger partial charge in [0.2, 0.25) is 5.91 Å². The topological polar surface area (TPSA) is 103 Å². The van der Waals surface area contributed by atoms with Crippen LogP contribution in [0.1, 0.15) is 22.8 Å². The van der Waals surface area contributed by atoms with Crippen molar-refractivity contribution < 1.29 is 19.1 Å². The van der Waals surface area contributed by atoms with Gasteiger partial charge in [0.25, 0.3) is 11.8 Å². The Morgan fingerprint density at radius 3 is 2.65 bits per heavy atom. The lowest BCUT2D eigenvalue weighted by Gasteiger charge is -2.27. The third kappa shape index (κ3) is 4.58. The van der Waals surface area contributed by atoms with Crippen molar-refractivity contribution >= 4 is 39.9 Å². The van der Waals surface area contributed by atoms with Crippen LogP contribution in [0, 0.1) is 0 Å². The third-order valence-electron chi connectivity index (χ3n) is 7.18. The highest BCUT2D eigenvalue weighted by Gasteiger charge is 2.36. The van der Waals surface area contributed by atoms with Gasteiger partial charge in [-0.1, -0.05) is 24.3 Å². The summed E-state index contributed by atoms with van der Waals surface area (Å²) in [5.74, 6) is 0.0199. The van der Waals surface area contributed by atoms with E-state index in [0.717, 1.165) is 27.7 Å². The van der Waals surface area contributed by atoms with Gasteiger partial charge in [0.05, 0.1) is 31.1 Å². The highest BCUT2D eigenvalue weighted by molar-refractivity contribution is 6.05. The first-order chi connectivity index (χ1) is 17.9. The van der Waals surface area contributed by atoms with Gasteiger partial charge in [0.15, 0.2) is 0 Å². The summed E-state index contributed by atoms with van der Waals surface area (Å²) in [4.78, 5) is 43.7. The molecular weight excluding hydrogens is 470 g/mol. The Bertz CT molecular complexity index is 1370. The Balaban J connectivity index is 1.69. The smallest absolute Gasteiger partial charge is 0.251 e. The van der Waals surface area contributed by atoms with Gasteiger partial charge in [-0.05, 0) is 55.1 Å². The van der Waals surface area contributed by atoms with Gasteiger partial charge in [0, 0.05) is 30.8 Å². The van der Waals surface area contributed by atoms with Crippen LogP contribution in [0.5, 0.6) is 5.75 Å². The number of carbonyl (C=O) groups excluding carboxylic acids is 3. The molecule has 9 heteroatoms. The number of benzene rings is 3. The Morgan fingerprint density at radius 2 is 1.89 bits per heavy atom. The molecule has 6 bridgehead atoms. The monoisotopic (exact) mass is 501 g/mol. The number of nitrogens with zero attached hydrogens (tertiary/aromatic N) is 2. The maximum atomic E-state index is 14.1. The normalized spacial score (nSPS) is 18.3. The lowest BCUT2D eigenvalue weighted by molar-refractivity contribution is -0.128. The Labute approximate surface area is 215 Å². The zero-order chi connectivity index (χ0) is 26.1. The SMILES string of the molecule is CNC(C)C(=O)NC1CN2CCNC(=O)c3ccc4c(c(OC)ccc4c3)CN(C1=O)c1ccccc12. The Kier molecular flexibility index (Phi) is 6.71. The highest BCUT2D eigenvalue weighted by atomic mass is 16.5. The molecule has 9 nitrogen and oxygen atoms in total. The van der Waals surface area contributed by atoms with E-state index in [1.807, 2.05) is 53.4 Å². The lowest BCUT2D eigenvalue weighted by atomic mass is 9.99. The van der Waals surface area contributed by atoms with E-state index < -0.39 is 12.1 Å². The van der Waals surface area contributed by atoms with Crippen molar-refractivity contribution in [3.8, 4) is 5.75 Å². The zero-order valence-electron chi connectivity index (χ0n) is 21.2. The summed E-state index contributed by atoms with van der Waals surface area (Å²) in [6.07, 6.45) is 0. The molecule has 3 aromatic carbocycles. The molecule has 2 unspecified atom stereocenters. The molecule has 0 saturated carbocycles. The highest BCUT2D eigenvalue weighted by Crippen LogP contribution is 2.37. The molecule has 0 aromatic heterocycles. The Hall–Kier alpha value is -4.11. The fraction of sp³-hybridized carbons (Fsp3) is 0.321. The number of para-hydroxylation sites is 2. The van der Waals surface area contributed by atoms with E-state index in [1.165, 1.54) is 0 Å². The predicted octanol–water partition coefficient (Wildman–Crippen LogP) is 2.04. The molecule has 0 fully saturated rings. The van der Waals surface area contributed by atoms with E-state index in [9.17, 15) is 14.4 Å². The molecule has 3 N–H and O–H groups in total. The lowest BCUT2D eigenvalue weighted by Crippen LogP contribution is -2.55. The summed E-state index contributed by atoms with van der Waals surface area (Å²) in [5.41, 5.74) is 3.00. The number of likely N-dealkylation sites (N-methyl/N-ethyl adjacent to an activating group) is 1. The summed E-state index contributed by atoms with van der Waals surface area (Å²) in [7, 11) is 3.31. The molecule has 37 heavy (non-hydrogen) atoms. The average Bonchev–Trinajstić information content (AvgIpc) is 3.02. The van der Waals surface area contributed by atoms with Crippen molar-refractivity contribution in [3.63, 3.8) is 0 Å². The molecule has 6 rings (SSSR count). The van der Waals surface area contributed by atoms with Crippen LogP contribution < -0.4 is 30.5 Å². The van der Waals surface area contributed by atoms with E-state index in [4.69, 9.17) is 4.74 Å². The standard InChI is InChI=1S/C28H31N5O4/c1-17(29-2)26(34)31-22-16-32-13-12-30-27(35)19-8-10-20-18(14-19)9-11-25(37-3)21(20)15-33(28(22)36)24-7-5-4-6-23(24)32/h4-11,14,17,22,29H,12-13,15-16H2,1-3H3,(H,30,35)(H,31,34). The van der Waals surface area contributed by atoms with Gasteiger partial charge >= 0.3 is 0 Å². The van der Waals surface area contributed by atoms with E-state index in [1.54, 1.807) is 32.0 Å². The van der Waals surface area contributed by atoms with E-state index >= 15 is 0 Å². The van der Waals surface area contributed by atoms with Crippen molar-refractivity contribution in [2.45, 2.75) is 25.6 Å². The number of nitrogens with one attached hydrogen (secondary N) is 3. The van der Waals surface area contributed by atoms with Crippen LogP contribution in [0.15, 0.2) is 54.6 Å². The van der Waals surface area contributed by atoms with Crippen molar-refractivity contribution in [1.29, 1.82) is 0 Å². The average molecular weight is 502 g/mol. The minimum atomic E-state index is -0.788. The van der Waals surface area contributed by atoms with Crippen molar-refractivity contribution in [2.24, 2.45) is 0 Å². The number of amides is 3. The first kappa shape index (κ1) is 24.6. The number of hydrogen-bond donors (Lipinski definition) is 3. The minimum absolute atomic E-state index is 0.162. The van der Waals surface area contributed by atoms with Crippen LogP contribution in [0.2, 0.25) is 0 Å². The van der Waals surface area contributed by atoms with Crippen LogP contribution in [-0.2, 0) is 16.1 Å². The molecule has 192 valence electrons. The molecular formula is C28H31N5O4. The van der Waals surface area contributed by atoms with Crippen LogP contribution in [0.3, 0.4) is 0 Å². The van der Waals surface area contributed by atoms with Gasteiger partial charge in [-0.15, -0.1) is 0 Å². The fourth-order valence-corrected chi connectivity index (χ4v) is 5.01. The largest absolute Gasteiger partial charge is 0.496 e. The second-order valence-corrected chi connectivity index (χ2v) is 9.37. The van der Waals surface area contributed by atoms with E-state index in [-0.39, 0.29) is 30.8 Å². The molecule has 2 atom stereocenters. The summed E-state index contributed by atoms with van der Waals surface area (Å²) in [6.45, 7) is 3.11. The van der Waals surface area contributed by atoms with E-state index in [0.29, 0.717) is 24.4 Å². The number of hydrogen-bond acceptors (Lipinski definition) is 6. The second kappa shape index (κ2) is 10.1. The van der Waals surface area contributed by atoms with Gasteiger partial charge in [-0.25, -0.2) is 0 Å². The molecule has 0 aliphatic carbocycles. The molecule has 3 heterocycles. The summed E-state index contributed by atoms with van der Waals surface area (Å²) < 4.78 is 5.71. The molecule has 3 aromatic rings. The van der Waals surface area contributed by atoms with Crippen molar-refractivity contribution in [2.75, 3.05) is 43.6 Å². The van der Waals surface area contributed by atoms with Gasteiger partial charge in [-0.3, -0.25) is 14.4 Å². The van der Waals surface area contributed by atoms with Gasteiger partial charge in [0.1, 0.15) is 11.8 Å². The number of carbonyl (C=O) groups is 3. The first-order valence-electron chi connectivity index (χ1n) is 12.4. The number of fused-ring (bicyclic) bond motifs is 4. The molecule has 3 aliphatic heterocycles. The zero-order valence-corrected chi connectivity index (χ0v) is 21.2. The van der Waals surface area contributed by atoms with Crippen LogP contribution >= 0.6 is 0 Å². The maximum Gasteiger partial charge on any atom is 0.251 e. The summed E-state index contributed by atoms with van der Waals surface area (Å²) in [5, 5.41) is 10.7. The van der Waals surface area contributed by atoms with Crippen LogP contribution in [0.25, 0.3) is 10.8 Å². The second-order valence-electron chi connectivity index (χ2n) is 9.37. The quantitative estimate of drug-likeness (QED) is 0.506. The molecule has 0 saturated heterocycles. The minimum Gasteiger partial charge on any atom is -0.496 e. The molecule has 0 spiro atoms. The molecule has 3 aliphatic rings. The summed E-state index contributed by atoms with van der Waals surface area (Å²) in [6, 6.07) is 15.8. The Morgan fingerprint density at radius 1 is 1.11 bits per heavy atom. The number of methoxy groups -OCH3 is 1. The van der Waals surface area contributed by atoms with Crippen LogP contribution in [-0.4, -0.2) is 63.6 Å². The number of rotatable bonds is 4. The van der Waals surface area contributed by atoms with Gasteiger partial charge < -0.3 is 30.5 Å². The van der Waals surface area contributed by atoms with E-state index in [2.05, 4.69) is 16.0 Å². The summed E-state index contributed by atoms with van der Waals surface area (Å²) >= 11 is 0. The number of anilines is 2. The predicted molar refractivity (Wildman–Crippen MR) is 143 cm³/mol. The molecule has 3 amide bonds. The van der Waals surface area contributed by atoms with Gasteiger partial charge in [-0.2, -0.15) is 0 Å². The van der Waals surface area contributed by atoms with Crippen LogP contribution in [0.4, 0.5) is 11.4 Å². The maximum absolute atomic E-state index is 14.1. The third-order valence-corrected chi connectivity index (χ3v) is 7.18. The first-order valence-corrected chi connectivity index (χ1v) is 12.4. The fourth-order valence-electron chi connectivity index (χ4n) is 5.01.